The second-order valence-electron chi connectivity index (χ2n) is 2.11. The molecule has 0 saturated carbocycles. The van der Waals surface area contributed by atoms with E-state index in [4.69, 9.17) is 10.2 Å². The van der Waals surface area contributed by atoms with Gasteiger partial charge in [0.15, 0.2) is 0 Å². The lowest BCUT2D eigenvalue weighted by molar-refractivity contribution is -0.153. The monoisotopic (exact) mass is 160 g/mol. The van der Waals surface area contributed by atoms with Crippen molar-refractivity contribution in [3.05, 3.63) is 0 Å². The number of rotatable bonds is 4. The van der Waals surface area contributed by atoms with Crippen LogP contribution in [0.25, 0.3) is 0 Å². The molecule has 0 aliphatic heterocycles. The first-order valence-electron chi connectivity index (χ1n) is 2.93. The van der Waals surface area contributed by atoms with Crippen LogP contribution >= 0.6 is 0 Å². The van der Waals surface area contributed by atoms with Crippen molar-refractivity contribution >= 4 is 17.5 Å². The average Bonchev–Trinajstić information content (AvgIpc) is 1.84. The molecule has 0 aliphatic carbocycles. The minimum Gasteiger partial charge on any atom is -0.475 e. The molecule has 0 radical (unpaired) electrons. The van der Waals surface area contributed by atoms with E-state index < -0.39 is 30.1 Å². The second-order valence-corrected chi connectivity index (χ2v) is 2.11. The molecule has 0 heterocycles. The molecule has 1 unspecified atom stereocenters. The predicted octanol–water partition coefficient (Wildman–Crippen LogP) is -1.02. The van der Waals surface area contributed by atoms with Gasteiger partial charge in [-0.15, -0.1) is 0 Å². The van der Waals surface area contributed by atoms with Gasteiger partial charge in [0.05, 0.1) is 6.10 Å². The fourth-order valence-corrected chi connectivity index (χ4v) is 0.480. The summed E-state index contributed by atoms with van der Waals surface area (Å²) in [6.45, 7) is 1.30. The van der Waals surface area contributed by atoms with Crippen LogP contribution in [0.3, 0.4) is 0 Å². The van der Waals surface area contributed by atoms with Crippen LogP contribution in [0.1, 0.15) is 13.3 Å². The molecule has 0 fully saturated rings. The number of carbonyl (C=O) groups excluding carboxylic acids is 2. The second kappa shape index (κ2) is 3.82. The summed E-state index contributed by atoms with van der Waals surface area (Å²) in [6, 6.07) is 0. The third-order valence-electron chi connectivity index (χ3n) is 0.928. The Hall–Kier alpha value is -1.23. The maximum Gasteiger partial charge on any atom is 0.380 e. The number of carboxylic acid groups (broad SMARTS) is 1. The van der Waals surface area contributed by atoms with Gasteiger partial charge in [-0.3, -0.25) is 9.59 Å². The molecule has 11 heavy (non-hydrogen) atoms. The first-order chi connectivity index (χ1) is 4.95. The van der Waals surface area contributed by atoms with E-state index in [1.807, 2.05) is 0 Å². The lowest BCUT2D eigenvalue weighted by Gasteiger charge is -1.98. The maximum absolute atomic E-state index is 10.5. The van der Waals surface area contributed by atoms with Crippen LogP contribution in [-0.4, -0.2) is 33.9 Å². The Morgan fingerprint density at radius 3 is 2.09 bits per heavy atom. The third-order valence-corrected chi connectivity index (χ3v) is 0.928. The minimum atomic E-state index is -1.78. The molecule has 62 valence electrons. The van der Waals surface area contributed by atoms with Crippen LogP contribution in [0.5, 0.6) is 0 Å². The summed E-state index contributed by atoms with van der Waals surface area (Å²) in [5.41, 5.74) is 0. The van der Waals surface area contributed by atoms with Gasteiger partial charge in [0.1, 0.15) is 0 Å². The number of carbonyl (C=O) groups is 3. The Kier molecular flexibility index (Phi) is 3.39. The maximum atomic E-state index is 10.5. The summed E-state index contributed by atoms with van der Waals surface area (Å²) in [5.74, 6) is -4.34. The third kappa shape index (κ3) is 3.47. The van der Waals surface area contributed by atoms with Crippen LogP contribution in [0.2, 0.25) is 0 Å². The largest absolute Gasteiger partial charge is 0.475 e. The van der Waals surface area contributed by atoms with E-state index in [1.54, 1.807) is 0 Å². The first-order valence-corrected chi connectivity index (χ1v) is 2.93. The summed E-state index contributed by atoms with van der Waals surface area (Å²) in [5, 5.41) is 16.6. The molecule has 0 aliphatic rings. The lowest BCUT2D eigenvalue weighted by atomic mass is 10.1. The van der Waals surface area contributed by atoms with Gasteiger partial charge in [-0.1, -0.05) is 0 Å². The van der Waals surface area contributed by atoms with Crippen LogP contribution in [0, 0.1) is 0 Å². The van der Waals surface area contributed by atoms with E-state index in [9.17, 15) is 14.4 Å². The van der Waals surface area contributed by atoms with Gasteiger partial charge in [-0.05, 0) is 6.92 Å². The average molecular weight is 160 g/mol. The van der Waals surface area contributed by atoms with Crippen molar-refractivity contribution in [1.82, 2.24) is 0 Å². The molecule has 5 heteroatoms. The number of aliphatic hydroxyl groups is 1. The predicted molar refractivity (Wildman–Crippen MR) is 33.9 cm³/mol. The van der Waals surface area contributed by atoms with Crippen LogP contribution in [0.15, 0.2) is 0 Å². The van der Waals surface area contributed by atoms with Crippen LogP contribution < -0.4 is 0 Å². The molecular weight excluding hydrogens is 152 g/mol. The van der Waals surface area contributed by atoms with E-state index in [2.05, 4.69) is 0 Å². The van der Waals surface area contributed by atoms with E-state index >= 15 is 0 Å². The molecule has 0 aromatic carbocycles. The molecule has 0 spiro atoms. The SMILES string of the molecule is CC(O)CC(=O)C(=O)C(=O)O. The zero-order valence-corrected chi connectivity index (χ0v) is 5.90. The molecule has 5 nitrogen and oxygen atoms in total. The summed E-state index contributed by atoms with van der Waals surface area (Å²) in [6.07, 6.45) is -1.42. The summed E-state index contributed by atoms with van der Waals surface area (Å²) >= 11 is 0. The Labute approximate surface area is 62.6 Å². The number of hydrogen-bond donors (Lipinski definition) is 2. The molecule has 0 aromatic heterocycles. The zero-order valence-electron chi connectivity index (χ0n) is 5.90. The highest BCUT2D eigenvalue weighted by Crippen LogP contribution is 1.92. The van der Waals surface area contributed by atoms with E-state index in [1.165, 1.54) is 6.92 Å². The highest BCUT2D eigenvalue weighted by atomic mass is 16.4. The Balaban J connectivity index is 4.05. The summed E-state index contributed by atoms with van der Waals surface area (Å²) in [7, 11) is 0. The van der Waals surface area contributed by atoms with E-state index in [0.717, 1.165) is 0 Å². The fraction of sp³-hybridized carbons (Fsp3) is 0.500. The van der Waals surface area contributed by atoms with Gasteiger partial charge < -0.3 is 10.2 Å². The van der Waals surface area contributed by atoms with Crippen molar-refractivity contribution in [1.29, 1.82) is 0 Å². The van der Waals surface area contributed by atoms with Gasteiger partial charge in [0.25, 0.3) is 0 Å². The topological polar surface area (TPSA) is 91.7 Å². The highest BCUT2D eigenvalue weighted by Gasteiger charge is 2.22. The molecule has 0 aromatic rings. The minimum absolute atomic E-state index is 0.439. The Bertz CT molecular complexity index is 193. The standard InChI is InChI=1S/C6H8O5/c1-3(7)2-4(8)5(9)6(10)11/h3,7H,2H2,1H3,(H,10,11). The number of ketones is 2. The van der Waals surface area contributed by atoms with Crippen LogP contribution in [-0.2, 0) is 14.4 Å². The van der Waals surface area contributed by atoms with Crippen molar-refractivity contribution in [2.75, 3.05) is 0 Å². The summed E-state index contributed by atoms with van der Waals surface area (Å²) in [4.78, 5) is 30.7. The zero-order chi connectivity index (χ0) is 9.02. The van der Waals surface area contributed by atoms with Gasteiger partial charge in [0, 0.05) is 6.42 Å². The molecule has 0 amide bonds. The number of aliphatic hydroxyl groups excluding tert-OH is 1. The van der Waals surface area contributed by atoms with Gasteiger partial charge >= 0.3 is 11.8 Å². The van der Waals surface area contributed by atoms with Crippen molar-refractivity contribution in [2.24, 2.45) is 0 Å². The molecule has 1 atom stereocenters. The van der Waals surface area contributed by atoms with Crippen molar-refractivity contribution in [3.63, 3.8) is 0 Å². The Morgan fingerprint density at radius 1 is 1.36 bits per heavy atom. The van der Waals surface area contributed by atoms with Gasteiger partial charge in [0.2, 0.25) is 5.78 Å². The van der Waals surface area contributed by atoms with Crippen molar-refractivity contribution in [2.45, 2.75) is 19.4 Å². The normalized spacial score (nSPS) is 12.2. The van der Waals surface area contributed by atoms with E-state index in [-0.39, 0.29) is 0 Å². The fourth-order valence-electron chi connectivity index (χ4n) is 0.480. The van der Waals surface area contributed by atoms with Crippen molar-refractivity contribution < 1.29 is 24.6 Å². The number of hydrogen-bond acceptors (Lipinski definition) is 4. The molecule has 2 N–H and O–H groups in total. The highest BCUT2D eigenvalue weighted by molar-refractivity contribution is 6.61. The number of aliphatic carboxylic acids is 1. The smallest absolute Gasteiger partial charge is 0.380 e. The number of carboxylic acids is 1. The molecule has 0 rings (SSSR count). The van der Waals surface area contributed by atoms with Crippen molar-refractivity contribution in [3.8, 4) is 0 Å². The number of Topliss-reactive ketones (excluding diaryl/α,β-unsaturated/α-hetero) is 2. The molecule has 0 bridgehead atoms. The quantitative estimate of drug-likeness (QED) is 0.405. The van der Waals surface area contributed by atoms with E-state index in [0.29, 0.717) is 0 Å². The Morgan fingerprint density at radius 2 is 1.82 bits per heavy atom. The lowest BCUT2D eigenvalue weighted by Crippen LogP contribution is -2.25. The van der Waals surface area contributed by atoms with Gasteiger partial charge in [-0.2, -0.15) is 0 Å². The molecular formula is C6H8O5. The first kappa shape index (κ1) is 9.77. The molecule has 0 saturated heterocycles. The van der Waals surface area contributed by atoms with Crippen LogP contribution in [0.4, 0.5) is 0 Å². The van der Waals surface area contributed by atoms with Gasteiger partial charge in [-0.25, -0.2) is 4.79 Å². The summed E-state index contributed by atoms with van der Waals surface area (Å²) < 4.78 is 0.